The van der Waals surface area contributed by atoms with E-state index in [1.165, 1.54) is 11.3 Å². The average Bonchev–Trinajstić information content (AvgIpc) is 2.66. The highest BCUT2D eigenvalue weighted by atomic mass is 32.1. The number of rotatable bonds is 2. The first kappa shape index (κ1) is 14.7. The Balaban J connectivity index is 2.52. The highest BCUT2D eigenvalue weighted by molar-refractivity contribution is 7.12. The second-order valence-corrected chi connectivity index (χ2v) is 5.81. The highest BCUT2D eigenvalue weighted by Gasteiger charge is 2.32. The third kappa shape index (κ3) is 2.75. The fourth-order valence-electron chi connectivity index (χ4n) is 1.88. The molecular formula is C14H10F4OS. The molecule has 1 nitrogen and oxygen atoms in total. The van der Waals surface area contributed by atoms with Crippen LogP contribution in [0.1, 0.15) is 31.2 Å². The van der Waals surface area contributed by atoms with Gasteiger partial charge in [-0.2, -0.15) is 13.2 Å². The fourth-order valence-corrected chi connectivity index (χ4v) is 2.80. The van der Waals surface area contributed by atoms with Gasteiger partial charge in [-0.25, -0.2) is 4.39 Å². The van der Waals surface area contributed by atoms with E-state index in [9.17, 15) is 22.4 Å². The van der Waals surface area contributed by atoms with Crippen molar-refractivity contribution in [1.29, 1.82) is 0 Å². The number of carbonyl (C=O) groups excluding carboxylic acids is 1. The summed E-state index contributed by atoms with van der Waals surface area (Å²) in [6.07, 6.45) is -4.61. The second-order valence-electron chi connectivity index (χ2n) is 4.35. The molecule has 20 heavy (non-hydrogen) atoms. The molecule has 0 aliphatic heterocycles. The predicted octanol–water partition coefficient (Wildman–Crippen LogP) is 4.75. The summed E-state index contributed by atoms with van der Waals surface area (Å²) in [6.45, 7) is 3.45. The number of hydrogen-bond acceptors (Lipinski definition) is 2. The summed E-state index contributed by atoms with van der Waals surface area (Å²) in [5.74, 6) is -1.68. The van der Waals surface area contributed by atoms with Crippen LogP contribution in [0.2, 0.25) is 0 Å². The molecule has 1 aromatic heterocycles. The van der Waals surface area contributed by atoms with Crippen molar-refractivity contribution in [2.75, 3.05) is 0 Å². The molecule has 0 radical (unpaired) electrons. The summed E-state index contributed by atoms with van der Waals surface area (Å²) in [5, 5.41) is 0. The molecule has 0 atom stereocenters. The lowest BCUT2D eigenvalue weighted by Gasteiger charge is -2.09. The lowest BCUT2D eigenvalue weighted by molar-refractivity contribution is -0.137. The van der Waals surface area contributed by atoms with E-state index in [4.69, 9.17) is 0 Å². The van der Waals surface area contributed by atoms with Gasteiger partial charge in [-0.3, -0.25) is 4.79 Å². The molecule has 106 valence electrons. The molecule has 0 aliphatic rings. The summed E-state index contributed by atoms with van der Waals surface area (Å²) in [5.41, 5.74) is -1.35. The Hall–Kier alpha value is -1.69. The van der Waals surface area contributed by atoms with Crippen LogP contribution in [0.25, 0.3) is 0 Å². The maximum atomic E-state index is 13.6. The Kier molecular flexibility index (Phi) is 3.69. The molecule has 0 saturated heterocycles. The first-order chi connectivity index (χ1) is 9.20. The smallest absolute Gasteiger partial charge is 0.288 e. The normalized spacial score (nSPS) is 11.7. The van der Waals surface area contributed by atoms with Gasteiger partial charge in [0.15, 0.2) is 5.78 Å². The van der Waals surface area contributed by atoms with Gasteiger partial charge in [0.1, 0.15) is 5.82 Å². The molecule has 0 saturated carbocycles. The van der Waals surface area contributed by atoms with Crippen LogP contribution in [-0.4, -0.2) is 5.78 Å². The van der Waals surface area contributed by atoms with Gasteiger partial charge in [0, 0.05) is 15.3 Å². The van der Waals surface area contributed by atoms with Crippen molar-refractivity contribution in [2.24, 2.45) is 0 Å². The van der Waals surface area contributed by atoms with Crippen molar-refractivity contribution in [3.8, 4) is 0 Å². The molecule has 2 aromatic rings. The lowest BCUT2D eigenvalue weighted by Crippen LogP contribution is -2.10. The van der Waals surface area contributed by atoms with Crippen molar-refractivity contribution in [2.45, 2.75) is 20.0 Å². The number of carbonyl (C=O) groups is 1. The number of halogens is 4. The third-order valence-corrected chi connectivity index (χ3v) is 3.79. The van der Waals surface area contributed by atoms with Crippen LogP contribution in [0, 0.1) is 19.7 Å². The van der Waals surface area contributed by atoms with Gasteiger partial charge in [-0.15, -0.1) is 11.3 Å². The second kappa shape index (κ2) is 5.01. The van der Waals surface area contributed by atoms with Crippen molar-refractivity contribution >= 4 is 17.1 Å². The molecule has 0 amide bonds. The quantitative estimate of drug-likeness (QED) is 0.578. The Morgan fingerprint density at radius 1 is 1.10 bits per heavy atom. The van der Waals surface area contributed by atoms with E-state index >= 15 is 0 Å². The Morgan fingerprint density at radius 2 is 1.75 bits per heavy atom. The molecule has 1 heterocycles. The van der Waals surface area contributed by atoms with Crippen molar-refractivity contribution < 1.29 is 22.4 Å². The Morgan fingerprint density at radius 3 is 2.25 bits per heavy atom. The van der Waals surface area contributed by atoms with Gasteiger partial charge in [-0.05, 0) is 38.1 Å². The monoisotopic (exact) mass is 302 g/mol. The molecule has 0 aliphatic carbocycles. The van der Waals surface area contributed by atoms with Gasteiger partial charge in [-0.1, -0.05) is 0 Å². The topological polar surface area (TPSA) is 17.1 Å². The summed E-state index contributed by atoms with van der Waals surface area (Å²) in [4.78, 5) is 13.7. The zero-order valence-electron chi connectivity index (χ0n) is 10.6. The van der Waals surface area contributed by atoms with Gasteiger partial charge in [0.25, 0.3) is 0 Å². The van der Waals surface area contributed by atoms with Gasteiger partial charge in [0.2, 0.25) is 0 Å². The molecule has 0 spiro atoms. The Labute approximate surface area is 116 Å². The number of thiophene rings is 1. The van der Waals surface area contributed by atoms with Crippen LogP contribution in [0.4, 0.5) is 17.6 Å². The number of alkyl halides is 3. The summed E-state index contributed by atoms with van der Waals surface area (Å²) < 4.78 is 51.5. The van der Waals surface area contributed by atoms with E-state index in [0.717, 1.165) is 4.88 Å². The standard InChI is InChI=1S/C14H10F4OS/c1-7-5-10(8(2)20-7)13(19)11-6-9(14(16,17)18)3-4-12(11)15/h3-6H,1-2H3. The molecule has 1 aromatic carbocycles. The minimum Gasteiger partial charge on any atom is -0.288 e. The SMILES string of the molecule is Cc1cc(C(=O)c2cc(C(F)(F)F)ccc2F)c(C)s1. The van der Waals surface area contributed by atoms with Crippen molar-refractivity contribution in [3.05, 3.63) is 56.5 Å². The molecule has 0 N–H and O–H groups in total. The van der Waals surface area contributed by atoms with E-state index in [-0.39, 0.29) is 5.56 Å². The average molecular weight is 302 g/mol. The van der Waals surface area contributed by atoms with Crippen LogP contribution in [-0.2, 0) is 6.18 Å². The molecule has 0 fully saturated rings. The van der Waals surface area contributed by atoms with Crippen LogP contribution in [0.5, 0.6) is 0 Å². The van der Waals surface area contributed by atoms with E-state index in [2.05, 4.69) is 0 Å². The van der Waals surface area contributed by atoms with Crippen LogP contribution < -0.4 is 0 Å². The number of benzene rings is 1. The van der Waals surface area contributed by atoms with Crippen LogP contribution >= 0.6 is 11.3 Å². The predicted molar refractivity (Wildman–Crippen MR) is 68.6 cm³/mol. The van der Waals surface area contributed by atoms with E-state index in [1.54, 1.807) is 19.9 Å². The van der Waals surface area contributed by atoms with E-state index in [0.29, 0.717) is 23.1 Å². The Bertz CT molecular complexity index is 670. The van der Waals surface area contributed by atoms with Crippen LogP contribution in [0.15, 0.2) is 24.3 Å². The zero-order chi connectivity index (χ0) is 15.1. The molecule has 2 rings (SSSR count). The van der Waals surface area contributed by atoms with Crippen LogP contribution in [0.3, 0.4) is 0 Å². The van der Waals surface area contributed by atoms with Gasteiger partial charge < -0.3 is 0 Å². The number of hydrogen-bond donors (Lipinski definition) is 0. The molecule has 0 unspecified atom stereocenters. The van der Waals surface area contributed by atoms with Crippen molar-refractivity contribution in [1.82, 2.24) is 0 Å². The lowest BCUT2D eigenvalue weighted by atomic mass is 10.0. The zero-order valence-corrected chi connectivity index (χ0v) is 11.5. The maximum absolute atomic E-state index is 13.6. The number of ketones is 1. The minimum atomic E-state index is -4.61. The molecule has 6 heteroatoms. The highest BCUT2D eigenvalue weighted by Crippen LogP contribution is 2.31. The first-order valence-corrected chi connectivity index (χ1v) is 6.50. The minimum absolute atomic E-state index is 0.241. The number of aryl methyl sites for hydroxylation is 2. The van der Waals surface area contributed by atoms with E-state index in [1.807, 2.05) is 0 Å². The largest absolute Gasteiger partial charge is 0.416 e. The van der Waals surface area contributed by atoms with Gasteiger partial charge in [0.05, 0.1) is 11.1 Å². The first-order valence-electron chi connectivity index (χ1n) is 5.68. The summed E-state index contributed by atoms with van der Waals surface area (Å²) >= 11 is 1.34. The van der Waals surface area contributed by atoms with E-state index < -0.39 is 28.9 Å². The summed E-state index contributed by atoms with van der Waals surface area (Å²) in [6, 6.07) is 3.41. The van der Waals surface area contributed by atoms with Gasteiger partial charge >= 0.3 is 6.18 Å². The fraction of sp³-hybridized carbons (Fsp3) is 0.214. The van der Waals surface area contributed by atoms with Crippen molar-refractivity contribution in [3.63, 3.8) is 0 Å². The third-order valence-electron chi connectivity index (χ3n) is 2.82. The molecule has 0 bridgehead atoms. The molecular weight excluding hydrogens is 292 g/mol. The summed E-state index contributed by atoms with van der Waals surface area (Å²) in [7, 11) is 0. The maximum Gasteiger partial charge on any atom is 0.416 e.